The van der Waals surface area contributed by atoms with Crippen LogP contribution < -0.4 is 0 Å². The Balaban J connectivity index is 1.76. The average molecular weight is 219 g/mol. The topological polar surface area (TPSA) is 29.1 Å². The number of ether oxygens (including phenoxy) is 1. The molecule has 1 aromatic rings. The quantitative estimate of drug-likeness (QED) is 0.712. The van der Waals surface area contributed by atoms with Gasteiger partial charge >= 0.3 is 0 Å². The molecule has 0 aromatic heterocycles. The Bertz CT molecular complexity index is 291. The van der Waals surface area contributed by atoms with E-state index in [1.165, 1.54) is 19.3 Å². The Morgan fingerprint density at radius 2 is 1.81 bits per heavy atom. The summed E-state index contributed by atoms with van der Waals surface area (Å²) in [5, 5.41) is 11.8. The van der Waals surface area contributed by atoms with Crippen molar-refractivity contribution in [3.8, 4) is 0 Å². The smallest absolute Gasteiger partial charge is 0.194 e. The first-order valence-electron chi connectivity index (χ1n) is 6.17. The van der Waals surface area contributed by atoms with E-state index in [0.717, 1.165) is 18.4 Å². The minimum absolute atomic E-state index is 0.234. The van der Waals surface area contributed by atoms with Gasteiger partial charge in [-0.2, -0.15) is 0 Å². The molecule has 0 aliphatic heterocycles. The van der Waals surface area contributed by atoms with Crippen LogP contribution in [0.4, 0.5) is 0 Å². The molecular weight excluding hydrogens is 200 g/mol. The molecule has 1 fully saturated rings. The summed E-state index contributed by atoms with van der Waals surface area (Å²) in [5.41, 5.74) is 1.08. The Labute approximate surface area is 97.3 Å². The van der Waals surface area contributed by atoms with Crippen molar-refractivity contribution in [3.63, 3.8) is 0 Å². The lowest BCUT2D eigenvalue weighted by atomic mass is 9.89. The fraction of sp³-hybridized carbons (Fsp3) is 0.571. The molecule has 0 bridgehead atoms. The number of hydrogen-bond donors (Lipinski definition) is 0. The summed E-state index contributed by atoms with van der Waals surface area (Å²) < 4.78 is 5.41. The second-order valence-corrected chi connectivity index (χ2v) is 4.56. The van der Waals surface area contributed by atoms with E-state index in [4.69, 9.17) is 4.74 Å². The molecule has 0 N–H and O–H groups in total. The summed E-state index contributed by atoms with van der Waals surface area (Å²) >= 11 is 0. The Hall–Kier alpha value is -0.860. The zero-order valence-electron chi connectivity index (χ0n) is 9.60. The third-order valence-corrected chi connectivity index (χ3v) is 3.29. The lowest BCUT2D eigenvalue weighted by Crippen LogP contribution is -2.24. The first kappa shape index (κ1) is 11.6. The summed E-state index contributed by atoms with van der Waals surface area (Å²) in [6.45, 7) is 0.450. The van der Waals surface area contributed by atoms with Crippen LogP contribution in [0.2, 0.25) is 0 Å². The maximum Gasteiger partial charge on any atom is 0.194 e. The largest absolute Gasteiger partial charge is 0.345 e. The van der Waals surface area contributed by atoms with Crippen LogP contribution in [0.15, 0.2) is 30.3 Å². The molecule has 16 heavy (non-hydrogen) atoms. The van der Waals surface area contributed by atoms with Crippen LogP contribution in [-0.2, 0) is 16.5 Å². The predicted octanol–water partition coefficient (Wildman–Crippen LogP) is 3.54. The Morgan fingerprint density at radius 3 is 2.50 bits per heavy atom. The van der Waals surface area contributed by atoms with Gasteiger partial charge in [0.1, 0.15) is 0 Å². The normalized spacial score (nSPS) is 19.6. The third-order valence-electron chi connectivity index (χ3n) is 3.29. The summed E-state index contributed by atoms with van der Waals surface area (Å²) in [5.74, 6) is 0.234. The molecule has 1 atom stereocenters. The molecule has 0 spiro atoms. The van der Waals surface area contributed by atoms with E-state index in [-0.39, 0.29) is 5.92 Å². The van der Waals surface area contributed by atoms with Gasteiger partial charge in [-0.05, 0) is 18.4 Å². The van der Waals surface area contributed by atoms with Crippen molar-refractivity contribution in [2.75, 3.05) is 0 Å². The summed E-state index contributed by atoms with van der Waals surface area (Å²) in [4.78, 5) is 0. The van der Waals surface area contributed by atoms with Gasteiger partial charge in [0.25, 0.3) is 0 Å². The molecule has 1 aliphatic rings. The van der Waals surface area contributed by atoms with E-state index >= 15 is 0 Å². The van der Waals surface area contributed by atoms with Crippen LogP contribution in [0.1, 0.15) is 37.7 Å². The molecule has 1 aromatic carbocycles. The molecule has 0 heterocycles. The first-order chi connectivity index (χ1) is 7.86. The zero-order valence-corrected chi connectivity index (χ0v) is 9.60. The van der Waals surface area contributed by atoms with E-state index in [1.54, 1.807) is 0 Å². The second kappa shape index (κ2) is 6.02. The van der Waals surface area contributed by atoms with Crippen LogP contribution >= 0.6 is 0 Å². The van der Waals surface area contributed by atoms with Crippen LogP contribution in [0.25, 0.3) is 0 Å². The van der Waals surface area contributed by atoms with Gasteiger partial charge in [0.05, 0.1) is 6.61 Å². The average Bonchev–Trinajstić information content (AvgIpc) is 2.38. The standard InChI is InChI=1S/C14H19O2/c15-14(13-9-5-2-6-10-13)16-11-12-7-3-1-4-8-12/h1,3-4,7-8,13-14H,2,5-6,9-11H2. The molecule has 1 aliphatic carbocycles. The molecule has 0 saturated heterocycles. The van der Waals surface area contributed by atoms with Crippen molar-refractivity contribution < 1.29 is 9.84 Å². The van der Waals surface area contributed by atoms with E-state index in [9.17, 15) is 5.11 Å². The molecule has 1 radical (unpaired) electrons. The van der Waals surface area contributed by atoms with Gasteiger partial charge in [-0.3, -0.25) is 0 Å². The highest BCUT2D eigenvalue weighted by atomic mass is 16.6. The molecule has 0 amide bonds. The minimum Gasteiger partial charge on any atom is -0.345 e. The van der Waals surface area contributed by atoms with Crippen molar-refractivity contribution >= 4 is 0 Å². The van der Waals surface area contributed by atoms with Gasteiger partial charge in [-0.25, -0.2) is 5.11 Å². The Kier molecular flexibility index (Phi) is 4.37. The van der Waals surface area contributed by atoms with Crippen LogP contribution in [0.3, 0.4) is 0 Å². The monoisotopic (exact) mass is 219 g/mol. The summed E-state index contributed by atoms with van der Waals surface area (Å²) in [7, 11) is 0. The highest BCUT2D eigenvalue weighted by Gasteiger charge is 2.23. The van der Waals surface area contributed by atoms with Crippen molar-refractivity contribution in [3.05, 3.63) is 35.9 Å². The maximum absolute atomic E-state index is 11.8. The fourth-order valence-corrected chi connectivity index (χ4v) is 2.30. The summed E-state index contributed by atoms with van der Waals surface area (Å²) in [6.07, 6.45) is 4.92. The van der Waals surface area contributed by atoms with Gasteiger partial charge in [-0.1, -0.05) is 49.6 Å². The molecule has 2 rings (SSSR count). The van der Waals surface area contributed by atoms with Gasteiger partial charge in [-0.15, -0.1) is 0 Å². The highest BCUT2D eigenvalue weighted by molar-refractivity contribution is 5.13. The molecule has 2 nitrogen and oxygen atoms in total. The lowest BCUT2D eigenvalue weighted by molar-refractivity contribution is -0.184. The van der Waals surface area contributed by atoms with Crippen molar-refractivity contribution in [2.24, 2.45) is 5.92 Å². The highest BCUT2D eigenvalue weighted by Crippen LogP contribution is 2.27. The van der Waals surface area contributed by atoms with Crippen molar-refractivity contribution in [2.45, 2.75) is 45.0 Å². The fourth-order valence-electron chi connectivity index (χ4n) is 2.30. The van der Waals surface area contributed by atoms with Gasteiger partial charge < -0.3 is 4.74 Å². The minimum atomic E-state index is -0.833. The molecule has 87 valence electrons. The van der Waals surface area contributed by atoms with E-state index in [0.29, 0.717) is 6.61 Å². The number of rotatable bonds is 4. The Morgan fingerprint density at radius 1 is 1.12 bits per heavy atom. The zero-order chi connectivity index (χ0) is 11.2. The van der Waals surface area contributed by atoms with Crippen molar-refractivity contribution in [1.29, 1.82) is 0 Å². The molecule has 1 saturated carbocycles. The van der Waals surface area contributed by atoms with Crippen molar-refractivity contribution in [1.82, 2.24) is 0 Å². The second-order valence-electron chi connectivity index (χ2n) is 4.56. The third kappa shape index (κ3) is 3.32. The van der Waals surface area contributed by atoms with Crippen LogP contribution in [0.5, 0.6) is 0 Å². The maximum atomic E-state index is 11.8. The molecular formula is C14H19O2. The van der Waals surface area contributed by atoms with Gasteiger partial charge in [0.2, 0.25) is 0 Å². The predicted molar refractivity (Wildman–Crippen MR) is 62.3 cm³/mol. The van der Waals surface area contributed by atoms with Crippen LogP contribution in [0, 0.1) is 5.92 Å². The van der Waals surface area contributed by atoms with E-state index < -0.39 is 6.29 Å². The summed E-state index contributed by atoms with van der Waals surface area (Å²) in [6, 6.07) is 9.90. The number of benzene rings is 1. The van der Waals surface area contributed by atoms with Gasteiger partial charge in [0, 0.05) is 5.92 Å². The SMILES string of the molecule is [O]C(OCc1ccccc1)C1CCCCC1. The lowest BCUT2D eigenvalue weighted by Gasteiger charge is -2.24. The number of hydrogen-bond acceptors (Lipinski definition) is 1. The van der Waals surface area contributed by atoms with E-state index in [1.807, 2.05) is 30.3 Å². The van der Waals surface area contributed by atoms with Crippen LogP contribution in [-0.4, -0.2) is 6.29 Å². The molecule has 1 unspecified atom stereocenters. The van der Waals surface area contributed by atoms with Gasteiger partial charge in [0.15, 0.2) is 6.29 Å². The molecule has 2 heteroatoms. The first-order valence-corrected chi connectivity index (χ1v) is 6.17. The van der Waals surface area contributed by atoms with E-state index in [2.05, 4.69) is 0 Å².